The predicted molar refractivity (Wildman–Crippen MR) is 133 cm³/mol. The lowest BCUT2D eigenvalue weighted by atomic mass is 10.1. The second kappa shape index (κ2) is 10.8. The van der Waals surface area contributed by atoms with Crippen LogP contribution in [0.5, 0.6) is 0 Å². The van der Waals surface area contributed by atoms with Crippen molar-refractivity contribution < 1.29 is 14.3 Å². The van der Waals surface area contributed by atoms with Gasteiger partial charge in [0.05, 0.1) is 7.11 Å². The van der Waals surface area contributed by atoms with Gasteiger partial charge in [-0.25, -0.2) is 4.79 Å². The summed E-state index contributed by atoms with van der Waals surface area (Å²) in [6, 6.07) is 20.7. The van der Waals surface area contributed by atoms with E-state index < -0.39 is 12.0 Å². The number of esters is 1. The van der Waals surface area contributed by atoms with Gasteiger partial charge in [0.25, 0.3) is 5.91 Å². The van der Waals surface area contributed by atoms with Gasteiger partial charge in [-0.15, -0.1) is 0 Å². The molecule has 1 aliphatic rings. The number of pyridine rings is 1. The molecule has 1 fully saturated rings. The third-order valence-electron chi connectivity index (χ3n) is 6.23. The average molecular weight is 459 g/mol. The molecule has 0 aliphatic carbocycles. The van der Waals surface area contributed by atoms with E-state index in [0.29, 0.717) is 12.1 Å². The molecule has 34 heavy (non-hydrogen) atoms. The molecule has 0 saturated carbocycles. The predicted octanol–water partition coefficient (Wildman–Crippen LogP) is 3.61. The first kappa shape index (κ1) is 23.3. The minimum absolute atomic E-state index is 0.195. The molecular formula is C27H30N4O3. The smallest absolute Gasteiger partial charge is 0.328 e. The highest BCUT2D eigenvalue weighted by molar-refractivity contribution is 5.97. The first-order valence-electron chi connectivity index (χ1n) is 11.5. The van der Waals surface area contributed by atoms with Crippen molar-refractivity contribution in [1.82, 2.24) is 9.88 Å². The molecule has 1 amide bonds. The van der Waals surface area contributed by atoms with E-state index in [4.69, 9.17) is 4.74 Å². The minimum atomic E-state index is -0.703. The van der Waals surface area contributed by atoms with Crippen LogP contribution in [0.1, 0.15) is 22.8 Å². The van der Waals surface area contributed by atoms with Crippen molar-refractivity contribution in [2.45, 2.75) is 19.5 Å². The van der Waals surface area contributed by atoms with Gasteiger partial charge in [-0.2, -0.15) is 0 Å². The van der Waals surface area contributed by atoms with Crippen LogP contribution >= 0.6 is 0 Å². The van der Waals surface area contributed by atoms with Crippen molar-refractivity contribution in [1.29, 1.82) is 0 Å². The number of hydrogen-bond acceptors (Lipinski definition) is 6. The van der Waals surface area contributed by atoms with Crippen molar-refractivity contribution >= 4 is 23.3 Å². The van der Waals surface area contributed by atoms with Crippen molar-refractivity contribution in [3.05, 3.63) is 90.3 Å². The first-order chi connectivity index (χ1) is 16.6. The van der Waals surface area contributed by atoms with E-state index in [1.54, 1.807) is 17.9 Å². The number of amides is 1. The molecular weight excluding hydrogens is 428 g/mol. The molecule has 1 unspecified atom stereocenters. The molecule has 2 aromatic carbocycles. The van der Waals surface area contributed by atoms with Crippen LogP contribution in [0, 0.1) is 0 Å². The summed E-state index contributed by atoms with van der Waals surface area (Å²) in [4.78, 5) is 36.2. The molecule has 2 heterocycles. The van der Waals surface area contributed by atoms with Gasteiger partial charge in [0, 0.05) is 62.1 Å². The number of piperazine rings is 1. The zero-order valence-corrected chi connectivity index (χ0v) is 19.6. The standard InChI is InChI=1S/C27H30N4O3/c1-21(27(33)34-2)31(20-22-7-4-3-5-8-22)26(32)23-9-6-10-25(19-23)30-17-15-29(16-18-30)24-11-13-28-14-12-24/h3-14,19,21H,15-18,20H2,1-2H3. The van der Waals surface area contributed by atoms with Crippen LogP contribution in [0.25, 0.3) is 0 Å². The number of ether oxygens (including phenoxy) is 1. The monoisotopic (exact) mass is 458 g/mol. The topological polar surface area (TPSA) is 66.0 Å². The Morgan fingerprint density at radius 2 is 1.56 bits per heavy atom. The lowest BCUT2D eigenvalue weighted by Crippen LogP contribution is -2.46. The van der Waals surface area contributed by atoms with E-state index in [9.17, 15) is 9.59 Å². The van der Waals surface area contributed by atoms with E-state index in [1.165, 1.54) is 12.8 Å². The lowest BCUT2D eigenvalue weighted by molar-refractivity contribution is -0.145. The molecule has 0 spiro atoms. The third-order valence-corrected chi connectivity index (χ3v) is 6.23. The summed E-state index contributed by atoms with van der Waals surface area (Å²) in [7, 11) is 1.34. The summed E-state index contributed by atoms with van der Waals surface area (Å²) >= 11 is 0. The van der Waals surface area contributed by atoms with Crippen LogP contribution in [0.3, 0.4) is 0 Å². The molecule has 3 aromatic rings. The number of aromatic nitrogens is 1. The van der Waals surface area contributed by atoms with E-state index in [-0.39, 0.29) is 5.91 Å². The summed E-state index contributed by atoms with van der Waals surface area (Å²) in [5.41, 5.74) is 3.69. The molecule has 1 aliphatic heterocycles. The highest BCUT2D eigenvalue weighted by Crippen LogP contribution is 2.23. The molecule has 0 bridgehead atoms. The number of carbonyl (C=O) groups excluding carboxylic acids is 2. The second-order valence-corrected chi connectivity index (χ2v) is 8.35. The Balaban J connectivity index is 1.50. The average Bonchev–Trinajstić information content (AvgIpc) is 2.91. The third kappa shape index (κ3) is 5.36. The fraction of sp³-hybridized carbons (Fsp3) is 0.296. The minimum Gasteiger partial charge on any atom is -0.467 e. The molecule has 1 saturated heterocycles. The number of hydrogen-bond donors (Lipinski definition) is 0. The van der Waals surface area contributed by atoms with Crippen LogP contribution in [0.15, 0.2) is 79.1 Å². The van der Waals surface area contributed by atoms with Crippen LogP contribution in [-0.4, -0.2) is 61.1 Å². The molecule has 176 valence electrons. The molecule has 1 atom stereocenters. The maximum atomic E-state index is 13.6. The van der Waals surface area contributed by atoms with Crippen LogP contribution < -0.4 is 9.80 Å². The summed E-state index contributed by atoms with van der Waals surface area (Å²) in [5.74, 6) is -0.633. The van der Waals surface area contributed by atoms with Crippen molar-refractivity contribution in [2.24, 2.45) is 0 Å². The van der Waals surface area contributed by atoms with E-state index in [0.717, 1.165) is 37.4 Å². The van der Waals surface area contributed by atoms with Gasteiger partial charge in [-0.3, -0.25) is 9.78 Å². The fourth-order valence-electron chi connectivity index (χ4n) is 4.24. The molecule has 0 N–H and O–H groups in total. The van der Waals surface area contributed by atoms with Gasteiger partial charge >= 0.3 is 5.97 Å². The molecule has 7 nitrogen and oxygen atoms in total. The Kier molecular flexibility index (Phi) is 7.42. The van der Waals surface area contributed by atoms with Gasteiger partial charge < -0.3 is 19.4 Å². The summed E-state index contributed by atoms with van der Waals surface area (Å²) < 4.78 is 4.93. The number of nitrogens with zero attached hydrogens (tertiary/aromatic N) is 4. The lowest BCUT2D eigenvalue weighted by Gasteiger charge is -2.37. The SMILES string of the molecule is COC(=O)C(C)N(Cc1ccccc1)C(=O)c1cccc(N2CCN(c3ccncc3)CC2)c1. The van der Waals surface area contributed by atoms with Gasteiger partial charge in [-0.1, -0.05) is 36.4 Å². The Labute approximate surface area is 200 Å². The molecule has 7 heteroatoms. The Morgan fingerprint density at radius 3 is 2.21 bits per heavy atom. The van der Waals surface area contributed by atoms with Gasteiger partial charge in [0.15, 0.2) is 0 Å². The van der Waals surface area contributed by atoms with Gasteiger partial charge in [0.2, 0.25) is 0 Å². The number of rotatable bonds is 7. The highest BCUT2D eigenvalue weighted by atomic mass is 16.5. The number of benzene rings is 2. The molecule has 0 radical (unpaired) electrons. The van der Waals surface area contributed by atoms with Crippen molar-refractivity contribution in [2.75, 3.05) is 43.1 Å². The number of methoxy groups -OCH3 is 1. The van der Waals surface area contributed by atoms with Crippen molar-refractivity contribution in [3.8, 4) is 0 Å². The largest absolute Gasteiger partial charge is 0.467 e. The normalized spacial score (nSPS) is 14.4. The quantitative estimate of drug-likeness (QED) is 0.504. The summed E-state index contributed by atoms with van der Waals surface area (Å²) in [6.07, 6.45) is 3.63. The van der Waals surface area contributed by atoms with Gasteiger partial charge in [-0.05, 0) is 42.8 Å². The Hall–Kier alpha value is -3.87. The van der Waals surface area contributed by atoms with E-state index in [1.807, 2.05) is 73.1 Å². The van der Waals surface area contributed by atoms with Crippen LogP contribution in [0.4, 0.5) is 11.4 Å². The molecule has 4 rings (SSSR count). The van der Waals surface area contributed by atoms with Crippen LogP contribution in [-0.2, 0) is 16.1 Å². The van der Waals surface area contributed by atoms with Crippen LogP contribution in [0.2, 0.25) is 0 Å². The van der Waals surface area contributed by atoms with Gasteiger partial charge in [0.1, 0.15) is 6.04 Å². The fourth-order valence-corrected chi connectivity index (χ4v) is 4.24. The Bertz CT molecular complexity index is 1100. The maximum Gasteiger partial charge on any atom is 0.328 e. The molecule has 1 aromatic heterocycles. The van der Waals surface area contributed by atoms with E-state index >= 15 is 0 Å². The summed E-state index contributed by atoms with van der Waals surface area (Å²) in [5, 5.41) is 0. The summed E-state index contributed by atoms with van der Waals surface area (Å²) in [6.45, 7) is 5.52. The van der Waals surface area contributed by atoms with Crippen molar-refractivity contribution in [3.63, 3.8) is 0 Å². The maximum absolute atomic E-state index is 13.6. The zero-order valence-electron chi connectivity index (χ0n) is 19.6. The Morgan fingerprint density at radius 1 is 0.912 bits per heavy atom. The first-order valence-corrected chi connectivity index (χ1v) is 11.5. The number of anilines is 2. The zero-order chi connectivity index (χ0) is 23.9. The highest BCUT2D eigenvalue weighted by Gasteiger charge is 2.28. The second-order valence-electron chi connectivity index (χ2n) is 8.35. The van der Waals surface area contributed by atoms with E-state index in [2.05, 4.69) is 14.8 Å². The number of carbonyl (C=O) groups is 2.